The molecule has 94 valence electrons. The lowest BCUT2D eigenvalue weighted by atomic mass is 10.1. The fraction of sp³-hybridized carbons (Fsp3) is 0.154. The van der Waals surface area contributed by atoms with Gasteiger partial charge in [-0.15, -0.1) is 0 Å². The minimum Gasteiger partial charge on any atom is -0.496 e. The predicted molar refractivity (Wildman–Crippen MR) is 68.5 cm³/mol. The molecule has 1 aromatic carbocycles. The SMILES string of the molecule is COC(=O)c1[nH]cc(-c2ccccc2OC)c1N. The molecular weight excluding hydrogens is 232 g/mol. The average molecular weight is 246 g/mol. The Balaban J connectivity index is 2.52. The molecule has 0 atom stereocenters. The zero-order valence-electron chi connectivity index (χ0n) is 10.2. The summed E-state index contributed by atoms with van der Waals surface area (Å²) in [7, 11) is 2.90. The standard InChI is InChI=1S/C13H14N2O3/c1-17-10-6-4-3-5-8(10)9-7-15-12(11(9)14)13(16)18-2/h3-7,15H,14H2,1-2H3. The number of carbonyl (C=O) groups excluding carboxylic acids is 1. The average Bonchev–Trinajstić information content (AvgIpc) is 2.79. The van der Waals surface area contributed by atoms with E-state index in [4.69, 9.17) is 10.5 Å². The van der Waals surface area contributed by atoms with Crippen LogP contribution in [-0.4, -0.2) is 25.2 Å². The molecule has 0 amide bonds. The summed E-state index contributed by atoms with van der Waals surface area (Å²) in [5, 5.41) is 0. The smallest absolute Gasteiger partial charge is 0.356 e. The van der Waals surface area contributed by atoms with Crippen LogP contribution in [0.15, 0.2) is 30.5 Å². The van der Waals surface area contributed by atoms with Gasteiger partial charge >= 0.3 is 5.97 Å². The molecule has 2 aromatic rings. The summed E-state index contributed by atoms with van der Waals surface area (Å²) < 4.78 is 9.91. The number of hydrogen-bond donors (Lipinski definition) is 2. The van der Waals surface area contributed by atoms with Crippen molar-refractivity contribution in [1.82, 2.24) is 4.98 Å². The number of aromatic nitrogens is 1. The van der Waals surface area contributed by atoms with Crippen LogP contribution in [-0.2, 0) is 4.74 Å². The van der Waals surface area contributed by atoms with E-state index in [-0.39, 0.29) is 5.69 Å². The van der Waals surface area contributed by atoms with Crippen molar-refractivity contribution in [2.24, 2.45) is 0 Å². The van der Waals surface area contributed by atoms with Crippen LogP contribution in [0, 0.1) is 0 Å². The fourth-order valence-electron chi connectivity index (χ4n) is 1.80. The molecule has 0 bridgehead atoms. The molecule has 0 aliphatic heterocycles. The van der Waals surface area contributed by atoms with Gasteiger partial charge in [0.25, 0.3) is 0 Å². The summed E-state index contributed by atoms with van der Waals surface area (Å²) >= 11 is 0. The van der Waals surface area contributed by atoms with Crippen molar-refractivity contribution in [1.29, 1.82) is 0 Å². The van der Waals surface area contributed by atoms with Crippen molar-refractivity contribution in [2.45, 2.75) is 0 Å². The van der Waals surface area contributed by atoms with Crippen LogP contribution < -0.4 is 10.5 Å². The first-order valence-corrected chi connectivity index (χ1v) is 5.37. The van der Waals surface area contributed by atoms with Gasteiger partial charge in [-0.25, -0.2) is 4.79 Å². The van der Waals surface area contributed by atoms with Crippen molar-refractivity contribution >= 4 is 11.7 Å². The first-order chi connectivity index (χ1) is 8.69. The molecule has 2 rings (SSSR count). The minimum atomic E-state index is -0.492. The Morgan fingerprint density at radius 2 is 1.94 bits per heavy atom. The molecule has 0 aliphatic rings. The normalized spacial score (nSPS) is 10.1. The third-order valence-corrected chi connectivity index (χ3v) is 2.71. The Kier molecular flexibility index (Phi) is 3.23. The Morgan fingerprint density at radius 1 is 1.22 bits per heavy atom. The molecule has 0 saturated carbocycles. The first kappa shape index (κ1) is 12.0. The zero-order valence-corrected chi connectivity index (χ0v) is 10.2. The Labute approximate surface area is 105 Å². The largest absolute Gasteiger partial charge is 0.496 e. The number of ether oxygens (including phenoxy) is 2. The summed E-state index contributed by atoms with van der Waals surface area (Å²) in [5.74, 6) is 0.202. The van der Waals surface area contributed by atoms with Gasteiger partial charge in [0.2, 0.25) is 0 Å². The van der Waals surface area contributed by atoms with Gasteiger partial charge in [0, 0.05) is 17.3 Å². The van der Waals surface area contributed by atoms with E-state index in [1.54, 1.807) is 13.3 Å². The number of benzene rings is 1. The van der Waals surface area contributed by atoms with Crippen LogP contribution in [0.2, 0.25) is 0 Å². The van der Waals surface area contributed by atoms with Gasteiger partial charge in [0.05, 0.1) is 19.9 Å². The van der Waals surface area contributed by atoms with Gasteiger partial charge in [-0.3, -0.25) is 0 Å². The number of rotatable bonds is 3. The van der Waals surface area contributed by atoms with E-state index in [9.17, 15) is 4.79 Å². The van der Waals surface area contributed by atoms with E-state index in [2.05, 4.69) is 9.72 Å². The number of aromatic amines is 1. The number of esters is 1. The number of para-hydroxylation sites is 1. The van der Waals surface area contributed by atoms with Crippen LogP contribution in [0.25, 0.3) is 11.1 Å². The number of nitrogen functional groups attached to an aromatic ring is 1. The minimum absolute atomic E-state index is 0.249. The van der Waals surface area contributed by atoms with Gasteiger partial charge in [0.15, 0.2) is 0 Å². The van der Waals surface area contributed by atoms with Crippen molar-refractivity contribution in [3.05, 3.63) is 36.2 Å². The number of nitrogens with two attached hydrogens (primary N) is 1. The maximum Gasteiger partial charge on any atom is 0.356 e. The van der Waals surface area contributed by atoms with E-state index < -0.39 is 5.97 Å². The van der Waals surface area contributed by atoms with Crippen LogP contribution in [0.4, 0.5) is 5.69 Å². The zero-order chi connectivity index (χ0) is 13.1. The van der Waals surface area contributed by atoms with Gasteiger partial charge in [-0.05, 0) is 6.07 Å². The number of anilines is 1. The van der Waals surface area contributed by atoms with Crippen LogP contribution >= 0.6 is 0 Å². The number of methoxy groups -OCH3 is 2. The highest BCUT2D eigenvalue weighted by Gasteiger charge is 2.18. The third kappa shape index (κ3) is 1.90. The fourth-order valence-corrected chi connectivity index (χ4v) is 1.80. The van der Waals surface area contributed by atoms with Crippen molar-refractivity contribution < 1.29 is 14.3 Å². The molecular formula is C13H14N2O3. The molecule has 0 radical (unpaired) electrons. The second-order valence-corrected chi connectivity index (χ2v) is 3.68. The second kappa shape index (κ2) is 4.83. The maximum absolute atomic E-state index is 11.5. The molecule has 1 aromatic heterocycles. The van der Waals surface area contributed by atoms with E-state index in [1.807, 2.05) is 24.3 Å². The van der Waals surface area contributed by atoms with Crippen LogP contribution in [0.5, 0.6) is 5.75 Å². The van der Waals surface area contributed by atoms with Gasteiger partial charge < -0.3 is 20.2 Å². The Hall–Kier alpha value is -2.43. The highest BCUT2D eigenvalue weighted by Crippen LogP contribution is 2.35. The van der Waals surface area contributed by atoms with E-state index >= 15 is 0 Å². The monoisotopic (exact) mass is 246 g/mol. The lowest BCUT2D eigenvalue weighted by Crippen LogP contribution is -2.05. The van der Waals surface area contributed by atoms with Gasteiger partial charge in [0.1, 0.15) is 11.4 Å². The third-order valence-electron chi connectivity index (χ3n) is 2.71. The Morgan fingerprint density at radius 3 is 2.61 bits per heavy atom. The summed E-state index contributed by atoms with van der Waals surface area (Å²) in [6, 6.07) is 7.45. The van der Waals surface area contributed by atoms with E-state index in [0.29, 0.717) is 17.0 Å². The van der Waals surface area contributed by atoms with Crippen molar-refractivity contribution in [2.75, 3.05) is 20.0 Å². The number of hydrogen-bond acceptors (Lipinski definition) is 4. The number of carbonyl (C=O) groups is 1. The maximum atomic E-state index is 11.5. The topological polar surface area (TPSA) is 77.3 Å². The molecule has 3 N–H and O–H groups in total. The highest BCUT2D eigenvalue weighted by atomic mass is 16.5. The summed E-state index contributed by atoms with van der Waals surface area (Å²) in [4.78, 5) is 14.3. The molecule has 0 fully saturated rings. The van der Waals surface area contributed by atoms with Gasteiger partial charge in [-0.2, -0.15) is 0 Å². The predicted octanol–water partition coefficient (Wildman–Crippen LogP) is 2.06. The molecule has 18 heavy (non-hydrogen) atoms. The second-order valence-electron chi connectivity index (χ2n) is 3.68. The number of H-pyrrole nitrogens is 1. The van der Waals surface area contributed by atoms with Crippen molar-refractivity contribution in [3.8, 4) is 16.9 Å². The molecule has 0 aliphatic carbocycles. The molecule has 0 saturated heterocycles. The lowest BCUT2D eigenvalue weighted by Gasteiger charge is -2.07. The van der Waals surface area contributed by atoms with Crippen LogP contribution in [0.1, 0.15) is 10.5 Å². The summed E-state index contributed by atoms with van der Waals surface area (Å²) in [6.45, 7) is 0. The number of nitrogens with one attached hydrogen (secondary N) is 1. The van der Waals surface area contributed by atoms with E-state index in [1.165, 1.54) is 7.11 Å². The first-order valence-electron chi connectivity index (χ1n) is 5.37. The highest BCUT2D eigenvalue weighted by molar-refractivity contribution is 5.98. The van der Waals surface area contributed by atoms with Crippen molar-refractivity contribution in [3.63, 3.8) is 0 Å². The summed E-state index contributed by atoms with van der Waals surface area (Å²) in [5.41, 5.74) is 8.09. The van der Waals surface area contributed by atoms with Gasteiger partial charge in [-0.1, -0.05) is 18.2 Å². The van der Waals surface area contributed by atoms with E-state index in [0.717, 1.165) is 5.56 Å². The Bertz CT molecular complexity index is 575. The van der Waals surface area contributed by atoms with Crippen LogP contribution in [0.3, 0.4) is 0 Å². The summed E-state index contributed by atoms with van der Waals surface area (Å²) in [6.07, 6.45) is 1.67. The quantitative estimate of drug-likeness (QED) is 0.812. The molecule has 0 unspecified atom stereocenters. The molecule has 0 spiro atoms. The molecule has 5 heteroatoms. The molecule has 5 nitrogen and oxygen atoms in total. The molecule has 1 heterocycles. The lowest BCUT2D eigenvalue weighted by molar-refractivity contribution is 0.0596.